The van der Waals surface area contributed by atoms with E-state index in [0.717, 1.165) is 9.68 Å². The Hall–Kier alpha value is -3.67. The van der Waals surface area contributed by atoms with Crippen molar-refractivity contribution in [1.82, 2.24) is 40.5 Å². The van der Waals surface area contributed by atoms with Crippen molar-refractivity contribution in [1.29, 1.82) is 0 Å². The number of fused-ring (bicyclic) bond motifs is 1. The van der Waals surface area contributed by atoms with Crippen molar-refractivity contribution in [2.24, 2.45) is 0 Å². The van der Waals surface area contributed by atoms with Crippen molar-refractivity contribution in [3.8, 4) is 11.0 Å². The van der Waals surface area contributed by atoms with Crippen LogP contribution < -0.4 is 15.6 Å². The van der Waals surface area contributed by atoms with Gasteiger partial charge in [-0.15, -0.1) is 16.4 Å². The van der Waals surface area contributed by atoms with Crippen LogP contribution >= 0.6 is 11.3 Å². The molecule has 4 rings (SSSR count). The molecule has 0 aliphatic rings. The Morgan fingerprint density at radius 1 is 1.14 bits per heavy atom. The van der Waals surface area contributed by atoms with Crippen LogP contribution in [-0.4, -0.2) is 54.3 Å². The van der Waals surface area contributed by atoms with Gasteiger partial charge in [-0.1, -0.05) is 22.4 Å². The second-order valence-electron chi connectivity index (χ2n) is 5.59. The maximum atomic E-state index is 12.3. The van der Waals surface area contributed by atoms with E-state index in [-0.39, 0.29) is 37.2 Å². The summed E-state index contributed by atoms with van der Waals surface area (Å²) < 4.78 is 8.00. The fourth-order valence-corrected chi connectivity index (χ4v) is 3.12. The SMILES string of the molecule is O=C(Cn1nnc2ccccc2c1=O)NCCOc1nnnn1-c1cccs1. The van der Waals surface area contributed by atoms with Gasteiger partial charge in [-0.2, -0.15) is 4.68 Å². The third-order valence-corrected chi connectivity index (χ3v) is 4.58. The molecule has 0 fully saturated rings. The van der Waals surface area contributed by atoms with Gasteiger partial charge in [0, 0.05) is 0 Å². The molecule has 1 amide bonds. The molecule has 142 valence electrons. The fraction of sp³-hybridized carbons (Fsp3) is 0.188. The van der Waals surface area contributed by atoms with Crippen molar-refractivity contribution < 1.29 is 9.53 Å². The quantitative estimate of drug-likeness (QED) is 0.431. The van der Waals surface area contributed by atoms with Crippen molar-refractivity contribution in [2.75, 3.05) is 13.2 Å². The van der Waals surface area contributed by atoms with Crippen molar-refractivity contribution in [3.05, 3.63) is 52.1 Å². The highest BCUT2D eigenvalue weighted by atomic mass is 32.1. The van der Waals surface area contributed by atoms with Gasteiger partial charge < -0.3 is 10.1 Å². The number of hydrogen-bond donors (Lipinski definition) is 1. The Bertz CT molecular complexity index is 1150. The molecule has 3 heterocycles. The zero-order chi connectivity index (χ0) is 19.3. The monoisotopic (exact) mass is 398 g/mol. The number of rotatable bonds is 7. The topological polar surface area (TPSA) is 130 Å². The van der Waals surface area contributed by atoms with Crippen molar-refractivity contribution in [3.63, 3.8) is 0 Å². The summed E-state index contributed by atoms with van der Waals surface area (Å²) in [7, 11) is 0. The number of amides is 1. The molecule has 11 nitrogen and oxygen atoms in total. The molecule has 0 unspecified atom stereocenters. The number of carbonyl (C=O) groups excluding carboxylic acids is 1. The summed E-state index contributed by atoms with van der Waals surface area (Å²) >= 11 is 1.47. The van der Waals surface area contributed by atoms with Crippen LogP contribution in [0.5, 0.6) is 6.01 Å². The molecule has 0 aliphatic heterocycles. The van der Waals surface area contributed by atoms with Crippen LogP contribution in [0.15, 0.2) is 46.6 Å². The number of nitrogens with zero attached hydrogens (tertiary/aromatic N) is 7. The Labute approximate surface area is 161 Å². The lowest BCUT2D eigenvalue weighted by Gasteiger charge is -2.08. The predicted octanol–water partition coefficient (Wildman–Crippen LogP) is 0.0239. The van der Waals surface area contributed by atoms with E-state index < -0.39 is 0 Å². The molecule has 0 bridgehead atoms. The minimum absolute atomic E-state index is 0.162. The van der Waals surface area contributed by atoms with Gasteiger partial charge in [0.2, 0.25) is 5.91 Å². The highest BCUT2D eigenvalue weighted by Crippen LogP contribution is 2.17. The van der Waals surface area contributed by atoms with E-state index in [1.807, 2.05) is 17.5 Å². The highest BCUT2D eigenvalue weighted by Gasteiger charge is 2.11. The number of carbonyl (C=O) groups is 1. The zero-order valence-electron chi connectivity index (χ0n) is 14.4. The minimum Gasteiger partial charge on any atom is -0.460 e. The van der Waals surface area contributed by atoms with Gasteiger partial charge in [0.05, 0.1) is 11.9 Å². The first kappa shape index (κ1) is 17.7. The standard InChI is InChI=1S/C16H14N8O3S/c25-13(10-23-15(26)11-4-1-2-5-12(11)18-21-23)17-7-8-27-16-19-20-22-24(16)14-6-3-9-28-14/h1-6,9H,7-8,10H2,(H,17,25). The number of nitrogens with one attached hydrogen (secondary N) is 1. The van der Waals surface area contributed by atoms with E-state index in [1.165, 1.54) is 16.0 Å². The molecule has 1 N–H and O–H groups in total. The van der Waals surface area contributed by atoms with E-state index >= 15 is 0 Å². The van der Waals surface area contributed by atoms with Gasteiger partial charge in [-0.05, 0) is 40.1 Å². The van der Waals surface area contributed by atoms with Crippen LogP contribution in [0.1, 0.15) is 0 Å². The number of aromatic nitrogens is 7. The number of hydrogen-bond acceptors (Lipinski definition) is 9. The fourth-order valence-electron chi connectivity index (χ4n) is 2.45. The molecular weight excluding hydrogens is 384 g/mol. The van der Waals surface area contributed by atoms with Crippen LogP contribution in [0.2, 0.25) is 0 Å². The smallest absolute Gasteiger partial charge is 0.341 e. The normalized spacial score (nSPS) is 10.9. The molecule has 0 saturated heterocycles. The number of tetrazole rings is 1. The van der Waals surface area contributed by atoms with Crippen LogP contribution in [0.4, 0.5) is 0 Å². The van der Waals surface area contributed by atoms with E-state index in [2.05, 4.69) is 31.2 Å². The van der Waals surface area contributed by atoms with Crippen LogP contribution in [0.3, 0.4) is 0 Å². The molecule has 4 aromatic rings. The average Bonchev–Trinajstić information content (AvgIpc) is 3.39. The molecule has 12 heteroatoms. The first-order chi connectivity index (χ1) is 13.7. The van der Waals surface area contributed by atoms with E-state index in [1.54, 1.807) is 24.3 Å². The Morgan fingerprint density at radius 2 is 2.04 bits per heavy atom. The molecule has 0 radical (unpaired) electrons. The molecule has 0 spiro atoms. The predicted molar refractivity (Wildman–Crippen MR) is 99.3 cm³/mol. The molecule has 3 aromatic heterocycles. The van der Waals surface area contributed by atoms with Crippen LogP contribution in [-0.2, 0) is 11.3 Å². The second-order valence-corrected chi connectivity index (χ2v) is 6.52. The van der Waals surface area contributed by atoms with E-state index in [0.29, 0.717) is 10.9 Å². The first-order valence-electron chi connectivity index (χ1n) is 8.26. The lowest BCUT2D eigenvalue weighted by Crippen LogP contribution is -2.36. The average molecular weight is 398 g/mol. The Kier molecular flexibility index (Phi) is 5.01. The largest absolute Gasteiger partial charge is 0.460 e. The lowest BCUT2D eigenvalue weighted by atomic mass is 10.2. The van der Waals surface area contributed by atoms with E-state index in [4.69, 9.17) is 4.74 Å². The second kappa shape index (κ2) is 7.92. The van der Waals surface area contributed by atoms with Crippen molar-refractivity contribution in [2.45, 2.75) is 6.54 Å². The number of benzene rings is 1. The van der Waals surface area contributed by atoms with Crippen LogP contribution in [0, 0.1) is 0 Å². The summed E-state index contributed by atoms with van der Waals surface area (Å²) in [6, 6.07) is 10.8. The molecular formula is C16H14N8O3S. The molecule has 0 saturated carbocycles. The molecule has 28 heavy (non-hydrogen) atoms. The summed E-state index contributed by atoms with van der Waals surface area (Å²) in [5.41, 5.74) is 0.119. The van der Waals surface area contributed by atoms with Crippen molar-refractivity contribution >= 4 is 28.1 Å². The molecule has 0 atom stereocenters. The summed E-state index contributed by atoms with van der Waals surface area (Å²) in [6.45, 7) is 0.144. The third kappa shape index (κ3) is 3.71. The minimum atomic E-state index is -0.381. The van der Waals surface area contributed by atoms with Gasteiger partial charge in [-0.25, -0.2) is 4.68 Å². The van der Waals surface area contributed by atoms with Gasteiger partial charge in [0.1, 0.15) is 23.7 Å². The highest BCUT2D eigenvalue weighted by molar-refractivity contribution is 7.12. The Morgan fingerprint density at radius 3 is 2.89 bits per heavy atom. The van der Waals surface area contributed by atoms with Gasteiger partial charge in [0.25, 0.3) is 5.56 Å². The maximum Gasteiger partial charge on any atom is 0.341 e. The molecule has 1 aromatic carbocycles. The summed E-state index contributed by atoms with van der Waals surface area (Å²) in [5.74, 6) is -0.381. The van der Waals surface area contributed by atoms with Gasteiger partial charge in [-0.3, -0.25) is 9.59 Å². The third-order valence-electron chi connectivity index (χ3n) is 3.73. The van der Waals surface area contributed by atoms with Gasteiger partial charge >= 0.3 is 6.01 Å². The van der Waals surface area contributed by atoms with Gasteiger partial charge in [0.15, 0.2) is 0 Å². The zero-order valence-corrected chi connectivity index (χ0v) is 15.2. The summed E-state index contributed by atoms with van der Waals surface area (Å²) in [4.78, 5) is 24.4. The lowest BCUT2D eigenvalue weighted by molar-refractivity contribution is -0.122. The number of ether oxygens (including phenoxy) is 1. The summed E-state index contributed by atoms with van der Waals surface area (Å²) in [6.07, 6.45) is 0. The van der Waals surface area contributed by atoms with Crippen LogP contribution in [0.25, 0.3) is 15.9 Å². The number of thiophene rings is 1. The van der Waals surface area contributed by atoms with E-state index in [9.17, 15) is 9.59 Å². The Balaban J connectivity index is 1.31. The maximum absolute atomic E-state index is 12.3. The first-order valence-corrected chi connectivity index (χ1v) is 9.14. The summed E-state index contributed by atoms with van der Waals surface area (Å²) in [5, 5.41) is 24.8. The molecule has 0 aliphatic carbocycles.